The monoisotopic (exact) mass is 484 g/mol. The number of likely N-dealkylation sites (N-methyl/N-ethyl adjacent to an activating group) is 1. The lowest BCUT2D eigenvalue weighted by Gasteiger charge is -2.46. The molecule has 5 atom stereocenters. The van der Waals surface area contributed by atoms with Gasteiger partial charge in [-0.1, -0.05) is 30.4 Å². The van der Waals surface area contributed by atoms with Crippen LogP contribution in [0.25, 0.3) is 0 Å². The van der Waals surface area contributed by atoms with Gasteiger partial charge in [0.1, 0.15) is 18.1 Å². The summed E-state index contributed by atoms with van der Waals surface area (Å²) in [5.41, 5.74) is 0.462. The summed E-state index contributed by atoms with van der Waals surface area (Å²) in [6.45, 7) is 3.05. The lowest BCUT2D eigenvalue weighted by molar-refractivity contribution is -0.165. The molecule has 2 fully saturated rings. The predicted octanol–water partition coefficient (Wildman–Crippen LogP) is 0.441. The Kier molecular flexibility index (Phi) is 7.82. The van der Waals surface area contributed by atoms with Crippen LogP contribution in [-0.2, 0) is 23.9 Å². The number of piperazine rings is 1. The lowest BCUT2D eigenvalue weighted by Crippen LogP contribution is -2.67. The second-order valence-corrected chi connectivity index (χ2v) is 9.10. The van der Waals surface area contributed by atoms with Crippen molar-refractivity contribution in [1.82, 2.24) is 20.4 Å². The number of fused-ring (bicyclic) bond motifs is 1. The van der Waals surface area contributed by atoms with Crippen LogP contribution in [0.5, 0.6) is 0 Å². The van der Waals surface area contributed by atoms with Gasteiger partial charge >= 0.3 is 5.97 Å². The summed E-state index contributed by atoms with van der Waals surface area (Å²) >= 11 is 0. The van der Waals surface area contributed by atoms with Crippen LogP contribution < -0.4 is 10.6 Å². The Bertz CT molecular complexity index is 983. The first-order chi connectivity index (χ1) is 16.9. The molecular formula is C25H32N4O6. The molecule has 0 radical (unpaired) electrons. The van der Waals surface area contributed by atoms with Crippen molar-refractivity contribution in [2.24, 2.45) is 0 Å². The van der Waals surface area contributed by atoms with Crippen molar-refractivity contribution in [3.05, 3.63) is 48.0 Å². The van der Waals surface area contributed by atoms with E-state index in [4.69, 9.17) is 9.47 Å². The molecule has 2 unspecified atom stereocenters. The van der Waals surface area contributed by atoms with Gasteiger partial charge in [0.05, 0.1) is 6.42 Å². The molecule has 1 aromatic carbocycles. The van der Waals surface area contributed by atoms with Crippen LogP contribution >= 0.6 is 0 Å². The Morgan fingerprint density at radius 2 is 1.83 bits per heavy atom. The summed E-state index contributed by atoms with van der Waals surface area (Å²) in [6.07, 6.45) is 4.00. The molecule has 0 saturated carbocycles. The molecule has 0 spiro atoms. The van der Waals surface area contributed by atoms with E-state index in [1.165, 1.54) is 0 Å². The minimum absolute atomic E-state index is 0.00877. The van der Waals surface area contributed by atoms with E-state index in [0.29, 0.717) is 38.1 Å². The highest BCUT2D eigenvalue weighted by atomic mass is 16.7. The smallest absolute Gasteiger partial charge is 0.310 e. The van der Waals surface area contributed by atoms with Crippen molar-refractivity contribution < 1.29 is 28.7 Å². The van der Waals surface area contributed by atoms with Crippen LogP contribution in [0, 0.1) is 0 Å². The number of carbonyl (C=O) groups is 4. The molecule has 3 heterocycles. The van der Waals surface area contributed by atoms with Crippen LogP contribution in [-0.4, -0.2) is 90.7 Å². The topological polar surface area (TPSA) is 117 Å². The first kappa shape index (κ1) is 24.9. The minimum atomic E-state index is -0.850. The van der Waals surface area contributed by atoms with Crippen molar-refractivity contribution in [1.29, 1.82) is 0 Å². The Hall–Kier alpha value is -3.24. The number of hydrogen-bond acceptors (Lipinski definition) is 7. The van der Waals surface area contributed by atoms with Gasteiger partial charge in [-0.2, -0.15) is 0 Å². The van der Waals surface area contributed by atoms with Gasteiger partial charge in [0, 0.05) is 31.3 Å². The molecule has 188 valence electrons. The normalized spacial score (nSPS) is 30.0. The maximum Gasteiger partial charge on any atom is 0.310 e. The standard InChI is InChI=1S/C25H32N4O6/c1-3-34-25-19(13-21(30)35-25)27-23(32)20-15-28(2)14-17-11-7-8-12-18(24(33)29(17)20)26-22(31)16-9-5-4-6-10-16/h4-10,17-20,25H,3,11-15H2,1-2H3,(H,26,31)(H,27,32)/b8-7-/t17-,18-,19?,20-,25?/m0/s1. The number of nitrogens with one attached hydrogen (secondary N) is 2. The van der Waals surface area contributed by atoms with E-state index in [1.807, 2.05) is 30.2 Å². The van der Waals surface area contributed by atoms with Crippen molar-refractivity contribution in [3.8, 4) is 0 Å². The highest BCUT2D eigenvalue weighted by molar-refractivity contribution is 5.98. The van der Waals surface area contributed by atoms with Gasteiger partial charge in [0.15, 0.2) is 0 Å². The molecule has 2 saturated heterocycles. The van der Waals surface area contributed by atoms with Crippen LogP contribution in [0.1, 0.15) is 36.5 Å². The van der Waals surface area contributed by atoms with Crippen molar-refractivity contribution in [2.75, 3.05) is 26.7 Å². The summed E-state index contributed by atoms with van der Waals surface area (Å²) in [5, 5.41) is 5.72. The molecule has 0 aliphatic carbocycles. The summed E-state index contributed by atoms with van der Waals surface area (Å²) in [7, 11) is 1.91. The number of hydrogen-bond donors (Lipinski definition) is 2. The SMILES string of the molecule is CCOC1OC(=O)CC1NC(=O)[C@@H]1CN(C)C[C@@H]2C/C=C\C[C@H](NC(=O)c3ccccc3)C(=O)N21. The summed E-state index contributed by atoms with van der Waals surface area (Å²) in [6, 6.07) is 6.28. The number of ether oxygens (including phenoxy) is 2. The van der Waals surface area contributed by atoms with Gasteiger partial charge in [-0.05, 0) is 38.9 Å². The Balaban J connectivity index is 1.54. The van der Waals surface area contributed by atoms with E-state index < -0.39 is 30.4 Å². The van der Waals surface area contributed by atoms with Crippen LogP contribution in [0.2, 0.25) is 0 Å². The summed E-state index contributed by atoms with van der Waals surface area (Å²) in [5.74, 6) is -1.45. The number of esters is 1. The molecule has 3 aliphatic heterocycles. The molecular weight excluding hydrogens is 452 g/mol. The minimum Gasteiger partial charge on any atom is -0.433 e. The van der Waals surface area contributed by atoms with Crippen LogP contribution in [0.4, 0.5) is 0 Å². The maximum atomic E-state index is 13.8. The molecule has 3 aliphatic rings. The average Bonchev–Trinajstić information content (AvgIpc) is 3.18. The fourth-order valence-electron chi connectivity index (χ4n) is 4.86. The molecule has 1 aromatic rings. The molecule has 2 N–H and O–H groups in total. The zero-order valence-electron chi connectivity index (χ0n) is 20.0. The van der Waals surface area contributed by atoms with Gasteiger partial charge in [-0.15, -0.1) is 0 Å². The molecule has 10 heteroatoms. The van der Waals surface area contributed by atoms with Crippen LogP contribution in [0.3, 0.4) is 0 Å². The Morgan fingerprint density at radius 1 is 1.09 bits per heavy atom. The third-order valence-electron chi connectivity index (χ3n) is 6.50. The fraction of sp³-hybridized carbons (Fsp3) is 0.520. The van der Waals surface area contributed by atoms with Crippen LogP contribution in [0.15, 0.2) is 42.5 Å². The van der Waals surface area contributed by atoms with Gasteiger partial charge in [-0.25, -0.2) is 0 Å². The number of cyclic esters (lactones) is 1. The van der Waals surface area contributed by atoms with Crippen molar-refractivity contribution in [3.63, 3.8) is 0 Å². The molecule has 0 bridgehead atoms. The average molecular weight is 485 g/mol. The number of nitrogens with zero attached hydrogens (tertiary/aromatic N) is 2. The highest BCUT2D eigenvalue weighted by Gasteiger charge is 2.45. The first-order valence-electron chi connectivity index (χ1n) is 12.0. The van der Waals surface area contributed by atoms with Gasteiger partial charge < -0.3 is 29.9 Å². The van der Waals surface area contributed by atoms with E-state index in [2.05, 4.69) is 10.6 Å². The molecule has 10 nitrogen and oxygen atoms in total. The first-order valence-corrected chi connectivity index (χ1v) is 12.0. The van der Waals surface area contributed by atoms with E-state index in [0.717, 1.165) is 0 Å². The molecule has 35 heavy (non-hydrogen) atoms. The second-order valence-electron chi connectivity index (χ2n) is 9.10. The van der Waals surface area contributed by atoms with Crippen molar-refractivity contribution >= 4 is 23.7 Å². The molecule has 0 aromatic heterocycles. The van der Waals surface area contributed by atoms with Crippen molar-refractivity contribution in [2.45, 2.75) is 56.6 Å². The maximum absolute atomic E-state index is 13.8. The summed E-state index contributed by atoms with van der Waals surface area (Å²) in [4.78, 5) is 55.4. The van der Waals surface area contributed by atoms with E-state index >= 15 is 0 Å². The Labute approximate surface area is 204 Å². The Morgan fingerprint density at radius 3 is 2.57 bits per heavy atom. The largest absolute Gasteiger partial charge is 0.433 e. The zero-order chi connectivity index (χ0) is 24.9. The van der Waals surface area contributed by atoms with E-state index in [1.54, 1.807) is 36.1 Å². The third kappa shape index (κ3) is 5.71. The second kappa shape index (κ2) is 11.0. The fourth-order valence-corrected chi connectivity index (χ4v) is 4.86. The zero-order valence-corrected chi connectivity index (χ0v) is 20.0. The predicted molar refractivity (Wildman–Crippen MR) is 126 cm³/mol. The number of benzene rings is 1. The molecule has 3 amide bonds. The summed E-state index contributed by atoms with van der Waals surface area (Å²) < 4.78 is 10.6. The van der Waals surface area contributed by atoms with E-state index in [9.17, 15) is 19.2 Å². The number of carbonyl (C=O) groups excluding carboxylic acids is 4. The molecule has 4 rings (SSSR count). The highest BCUT2D eigenvalue weighted by Crippen LogP contribution is 2.24. The number of rotatable bonds is 6. The number of amides is 3. The lowest BCUT2D eigenvalue weighted by atomic mass is 9.97. The quantitative estimate of drug-likeness (QED) is 0.445. The third-order valence-corrected chi connectivity index (χ3v) is 6.50. The van der Waals surface area contributed by atoms with Gasteiger partial charge in [0.25, 0.3) is 5.91 Å². The van der Waals surface area contributed by atoms with E-state index in [-0.39, 0.29) is 30.2 Å². The van der Waals surface area contributed by atoms with Gasteiger partial charge in [0.2, 0.25) is 18.1 Å². The van der Waals surface area contributed by atoms with Gasteiger partial charge in [-0.3, -0.25) is 19.2 Å².